The summed E-state index contributed by atoms with van der Waals surface area (Å²) in [6.07, 6.45) is 1.47. The third-order valence-corrected chi connectivity index (χ3v) is 3.54. The van der Waals surface area contributed by atoms with Crippen molar-refractivity contribution in [2.24, 2.45) is 0 Å². The van der Waals surface area contributed by atoms with Crippen LogP contribution in [0.3, 0.4) is 0 Å². The van der Waals surface area contributed by atoms with Gasteiger partial charge in [-0.25, -0.2) is 0 Å². The number of aromatic nitrogens is 3. The van der Waals surface area contributed by atoms with Gasteiger partial charge in [-0.1, -0.05) is 6.07 Å². The average molecular weight is 339 g/mol. The second kappa shape index (κ2) is 6.46. The van der Waals surface area contributed by atoms with Crippen LogP contribution in [-0.4, -0.2) is 27.4 Å². The van der Waals surface area contributed by atoms with E-state index in [0.29, 0.717) is 18.0 Å². The highest BCUT2D eigenvalue weighted by atomic mass is 35.5. The van der Waals surface area contributed by atoms with Crippen LogP contribution < -0.4 is 9.64 Å². The molecule has 8 heteroatoms. The fraction of sp³-hybridized carbons (Fsp3) is 0.286. The van der Waals surface area contributed by atoms with Gasteiger partial charge in [-0.2, -0.15) is 15.0 Å². The van der Waals surface area contributed by atoms with Gasteiger partial charge in [0.25, 0.3) is 0 Å². The molecule has 1 aliphatic heterocycles. The van der Waals surface area contributed by atoms with Crippen molar-refractivity contribution in [3.8, 4) is 5.75 Å². The summed E-state index contributed by atoms with van der Waals surface area (Å²) < 4.78 is 5.63. The first-order valence-corrected chi connectivity index (χ1v) is 7.46. The first kappa shape index (κ1) is 15.0. The summed E-state index contributed by atoms with van der Waals surface area (Å²) in [5.74, 6) is 1.09. The van der Waals surface area contributed by atoms with E-state index in [4.69, 9.17) is 27.9 Å². The smallest absolute Gasteiger partial charge is 0.227 e. The second-order valence-electron chi connectivity index (χ2n) is 4.72. The Balaban J connectivity index is 1.71. The van der Waals surface area contributed by atoms with Gasteiger partial charge in [0.05, 0.1) is 0 Å². The van der Waals surface area contributed by atoms with Crippen LogP contribution in [0.4, 0.5) is 5.69 Å². The highest BCUT2D eigenvalue weighted by molar-refractivity contribution is 6.30. The predicted octanol–water partition coefficient (Wildman–Crippen LogP) is 2.88. The Labute approximate surface area is 137 Å². The van der Waals surface area contributed by atoms with Crippen LogP contribution in [0.15, 0.2) is 24.3 Å². The predicted molar refractivity (Wildman–Crippen MR) is 82.2 cm³/mol. The largest absolute Gasteiger partial charge is 0.486 e. The maximum Gasteiger partial charge on any atom is 0.227 e. The van der Waals surface area contributed by atoms with Crippen molar-refractivity contribution in [1.82, 2.24) is 15.0 Å². The van der Waals surface area contributed by atoms with Crippen molar-refractivity contribution in [3.05, 3.63) is 40.7 Å². The zero-order chi connectivity index (χ0) is 15.5. The van der Waals surface area contributed by atoms with Crippen LogP contribution in [0, 0.1) is 0 Å². The molecule has 0 aliphatic carbocycles. The number of amides is 1. The average Bonchev–Trinajstić information content (AvgIpc) is 2.91. The molecule has 1 aromatic carbocycles. The van der Waals surface area contributed by atoms with Gasteiger partial charge in [-0.05, 0) is 41.8 Å². The van der Waals surface area contributed by atoms with E-state index < -0.39 is 0 Å². The number of carbonyl (C=O) groups excluding carboxylic acids is 1. The number of nitrogens with zero attached hydrogens (tertiary/aromatic N) is 4. The monoisotopic (exact) mass is 338 g/mol. The molecule has 1 fully saturated rings. The molecule has 0 saturated carbocycles. The lowest BCUT2D eigenvalue weighted by atomic mass is 10.3. The number of ether oxygens (including phenoxy) is 1. The Hall–Kier alpha value is -1.92. The van der Waals surface area contributed by atoms with Crippen molar-refractivity contribution >= 4 is 34.8 Å². The molecule has 3 rings (SSSR count). The van der Waals surface area contributed by atoms with E-state index in [2.05, 4.69) is 15.0 Å². The first-order valence-electron chi connectivity index (χ1n) is 6.71. The van der Waals surface area contributed by atoms with Crippen LogP contribution >= 0.6 is 23.2 Å². The van der Waals surface area contributed by atoms with Gasteiger partial charge in [-0.3, -0.25) is 4.79 Å². The molecule has 0 radical (unpaired) electrons. The third-order valence-electron chi connectivity index (χ3n) is 3.20. The molecule has 1 saturated heterocycles. The molecule has 0 bridgehead atoms. The zero-order valence-electron chi connectivity index (χ0n) is 11.5. The fourth-order valence-electron chi connectivity index (χ4n) is 2.24. The molecule has 114 valence electrons. The number of rotatable bonds is 4. The van der Waals surface area contributed by atoms with Crippen molar-refractivity contribution in [3.63, 3.8) is 0 Å². The van der Waals surface area contributed by atoms with E-state index in [0.717, 1.165) is 18.7 Å². The van der Waals surface area contributed by atoms with Crippen molar-refractivity contribution in [2.75, 3.05) is 11.4 Å². The molecule has 0 spiro atoms. The quantitative estimate of drug-likeness (QED) is 0.857. The lowest BCUT2D eigenvalue weighted by molar-refractivity contribution is -0.117. The molecule has 6 nitrogen and oxygen atoms in total. The highest BCUT2D eigenvalue weighted by Crippen LogP contribution is 2.25. The van der Waals surface area contributed by atoms with Gasteiger partial charge >= 0.3 is 0 Å². The lowest BCUT2D eigenvalue weighted by Gasteiger charge is -2.16. The van der Waals surface area contributed by atoms with Crippen LogP contribution in [0.1, 0.15) is 18.7 Å². The molecule has 0 atom stereocenters. The Kier molecular flexibility index (Phi) is 4.40. The van der Waals surface area contributed by atoms with Gasteiger partial charge in [0, 0.05) is 24.7 Å². The fourth-order valence-corrected chi connectivity index (χ4v) is 2.64. The minimum Gasteiger partial charge on any atom is -0.486 e. The van der Waals surface area contributed by atoms with Gasteiger partial charge in [0.2, 0.25) is 16.5 Å². The summed E-state index contributed by atoms with van der Waals surface area (Å²) in [4.78, 5) is 25.1. The number of anilines is 1. The van der Waals surface area contributed by atoms with Gasteiger partial charge in [0.1, 0.15) is 12.4 Å². The van der Waals surface area contributed by atoms with E-state index >= 15 is 0 Å². The van der Waals surface area contributed by atoms with Crippen LogP contribution in [0.5, 0.6) is 5.75 Å². The minimum absolute atomic E-state index is 0.0232. The number of halogens is 2. The SMILES string of the molecule is O=C1CCCN1c1cccc(OCc2nc(Cl)nc(Cl)n2)c1. The molecular weight excluding hydrogens is 327 g/mol. The van der Waals surface area contributed by atoms with Crippen molar-refractivity contribution in [2.45, 2.75) is 19.4 Å². The molecule has 0 unspecified atom stereocenters. The Bertz CT molecular complexity index is 691. The van der Waals surface area contributed by atoms with Crippen molar-refractivity contribution in [1.29, 1.82) is 0 Å². The van der Waals surface area contributed by atoms with E-state index in [-0.39, 0.29) is 23.1 Å². The highest BCUT2D eigenvalue weighted by Gasteiger charge is 2.21. The summed E-state index contributed by atoms with van der Waals surface area (Å²) >= 11 is 11.4. The Morgan fingerprint density at radius 3 is 2.64 bits per heavy atom. The lowest BCUT2D eigenvalue weighted by Crippen LogP contribution is -2.23. The number of carbonyl (C=O) groups is 1. The van der Waals surface area contributed by atoms with E-state index in [1.54, 1.807) is 11.0 Å². The van der Waals surface area contributed by atoms with Crippen LogP contribution in [0.2, 0.25) is 10.6 Å². The summed E-state index contributed by atoms with van der Waals surface area (Å²) in [5, 5.41) is 0.0463. The molecule has 1 aromatic heterocycles. The first-order chi connectivity index (χ1) is 10.6. The molecule has 2 heterocycles. The molecule has 0 N–H and O–H groups in total. The summed E-state index contributed by atoms with van der Waals surface area (Å²) in [6.45, 7) is 0.848. The van der Waals surface area contributed by atoms with Crippen LogP contribution in [-0.2, 0) is 11.4 Å². The van der Waals surface area contributed by atoms with E-state index in [9.17, 15) is 4.79 Å². The molecule has 22 heavy (non-hydrogen) atoms. The zero-order valence-corrected chi connectivity index (χ0v) is 13.0. The van der Waals surface area contributed by atoms with Gasteiger partial charge in [0.15, 0.2) is 5.82 Å². The van der Waals surface area contributed by atoms with Gasteiger partial charge in [-0.15, -0.1) is 0 Å². The van der Waals surface area contributed by atoms with Crippen LogP contribution in [0.25, 0.3) is 0 Å². The summed E-state index contributed by atoms with van der Waals surface area (Å²) in [7, 11) is 0. The number of hydrogen-bond acceptors (Lipinski definition) is 5. The standard InChI is InChI=1S/C14H12Cl2N4O2/c15-13-17-11(18-14(16)19-13)8-22-10-4-1-3-9(7-10)20-6-2-5-12(20)21/h1,3-4,7H,2,5-6,8H2. The topological polar surface area (TPSA) is 68.2 Å². The van der Waals surface area contributed by atoms with Gasteiger partial charge < -0.3 is 9.64 Å². The molecule has 1 aliphatic rings. The maximum absolute atomic E-state index is 11.8. The normalized spacial score (nSPS) is 14.5. The third kappa shape index (κ3) is 3.45. The number of benzene rings is 1. The molecule has 2 aromatic rings. The Morgan fingerprint density at radius 1 is 1.18 bits per heavy atom. The second-order valence-corrected chi connectivity index (χ2v) is 5.40. The Morgan fingerprint density at radius 2 is 1.95 bits per heavy atom. The number of hydrogen-bond donors (Lipinski definition) is 0. The summed E-state index contributed by atoms with van der Waals surface area (Å²) in [5.41, 5.74) is 0.826. The molecule has 1 amide bonds. The van der Waals surface area contributed by atoms with E-state index in [1.807, 2.05) is 18.2 Å². The maximum atomic E-state index is 11.8. The van der Waals surface area contributed by atoms with E-state index in [1.165, 1.54) is 0 Å². The molecular formula is C14H12Cl2N4O2. The van der Waals surface area contributed by atoms with Crippen molar-refractivity contribution < 1.29 is 9.53 Å². The minimum atomic E-state index is 0.0232. The summed E-state index contributed by atoms with van der Waals surface area (Å²) in [6, 6.07) is 7.33.